The van der Waals surface area contributed by atoms with Crippen LogP contribution in [0.1, 0.15) is 42.5 Å². The average molecular weight is 426 g/mol. The number of rotatable bonds is 6. The van der Waals surface area contributed by atoms with Crippen molar-refractivity contribution in [1.82, 2.24) is 20.0 Å². The smallest absolute Gasteiger partial charge is 0.251 e. The standard InChI is InChI=1S/C24H35N5O2/c30-23(29-15-13-27(14-16-29)21-4-2-5-21)18-26-9-11-28(12-10-26)22-6-1-3-19(17-22)24(31)25-20-7-8-20/h1,3,6,17,20-21H,2,4-5,7-16,18H2,(H,25,31). The highest BCUT2D eigenvalue weighted by atomic mass is 16.2. The predicted molar refractivity (Wildman–Crippen MR) is 121 cm³/mol. The zero-order valence-corrected chi connectivity index (χ0v) is 18.5. The molecule has 0 aromatic heterocycles. The molecule has 2 amide bonds. The summed E-state index contributed by atoms with van der Waals surface area (Å²) in [5.41, 5.74) is 1.84. The third-order valence-electron chi connectivity index (χ3n) is 7.38. The van der Waals surface area contributed by atoms with E-state index in [0.29, 0.717) is 12.6 Å². The van der Waals surface area contributed by atoms with E-state index in [1.807, 2.05) is 18.2 Å². The summed E-state index contributed by atoms with van der Waals surface area (Å²) in [6, 6.07) is 9.09. The molecule has 1 N–H and O–H groups in total. The predicted octanol–water partition coefficient (Wildman–Crippen LogP) is 1.40. The topological polar surface area (TPSA) is 59.1 Å². The number of carbonyl (C=O) groups is 2. The molecule has 1 aromatic rings. The lowest BCUT2D eigenvalue weighted by Gasteiger charge is -2.43. The van der Waals surface area contributed by atoms with Gasteiger partial charge in [-0.2, -0.15) is 0 Å². The molecule has 31 heavy (non-hydrogen) atoms. The third-order valence-corrected chi connectivity index (χ3v) is 7.38. The molecule has 2 heterocycles. The van der Waals surface area contributed by atoms with Crippen LogP contribution in [0.5, 0.6) is 0 Å². The van der Waals surface area contributed by atoms with Gasteiger partial charge in [0.05, 0.1) is 6.54 Å². The molecule has 2 saturated carbocycles. The molecule has 2 saturated heterocycles. The van der Waals surface area contributed by atoms with Crippen molar-refractivity contribution in [3.8, 4) is 0 Å². The summed E-state index contributed by atoms with van der Waals surface area (Å²) in [4.78, 5) is 34.4. The Hall–Kier alpha value is -2.12. The van der Waals surface area contributed by atoms with Crippen LogP contribution in [0.2, 0.25) is 0 Å². The summed E-state index contributed by atoms with van der Waals surface area (Å²) in [6.07, 6.45) is 6.25. The molecule has 4 fully saturated rings. The monoisotopic (exact) mass is 425 g/mol. The van der Waals surface area contributed by atoms with E-state index in [2.05, 4.69) is 31.0 Å². The fourth-order valence-corrected chi connectivity index (χ4v) is 4.88. The Balaban J connectivity index is 1.07. The molecule has 5 rings (SSSR count). The summed E-state index contributed by atoms with van der Waals surface area (Å²) < 4.78 is 0. The minimum Gasteiger partial charge on any atom is -0.369 e. The number of benzene rings is 1. The molecule has 7 nitrogen and oxygen atoms in total. The molecule has 0 atom stereocenters. The van der Waals surface area contributed by atoms with E-state index in [9.17, 15) is 9.59 Å². The van der Waals surface area contributed by atoms with Crippen molar-refractivity contribution < 1.29 is 9.59 Å². The van der Waals surface area contributed by atoms with Crippen LogP contribution in [0, 0.1) is 0 Å². The molecule has 0 spiro atoms. The third kappa shape index (κ3) is 5.04. The first-order valence-electron chi connectivity index (χ1n) is 12.1. The van der Waals surface area contributed by atoms with Gasteiger partial charge in [0.25, 0.3) is 5.91 Å². The van der Waals surface area contributed by atoms with Gasteiger partial charge in [0, 0.05) is 75.7 Å². The maximum atomic E-state index is 12.8. The van der Waals surface area contributed by atoms with Gasteiger partial charge in [-0.15, -0.1) is 0 Å². The van der Waals surface area contributed by atoms with Crippen LogP contribution < -0.4 is 10.2 Å². The van der Waals surface area contributed by atoms with Gasteiger partial charge in [-0.1, -0.05) is 12.5 Å². The lowest BCUT2D eigenvalue weighted by Crippen LogP contribution is -2.56. The SMILES string of the molecule is O=C(NC1CC1)c1cccc(N2CCN(CC(=O)N3CCN(C4CCC4)CC3)CC2)c1. The number of hydrogen-bond donors (Lipinski definition) is 1. The van der Waals surface area contributed by atoms with Gasteiger partial charge < -0.3 is 15.1 Å². The first-order chi connectivity index (χ1) is 15.2. The van der Waals surface area contributed by atoms with Crippen LogP contribution in [-0.4, -0.2) is 97.5 Å². The number of carbonyl (C=O) groups excluding carboxylic acids is 2. The molecule has 2 aliphatic heterocycles. The number of hydrogen-bond acceptors (Lipinski definition) is 5. The molecular weight excluding hydrogens is 390 g/mol. The minimum absolute atomic E-state index is 0.0333. The normalized spacial score (nSPS) is 23.5. The van der Waals surface area contributed by atoms with Crippen molar-refractivity contribution >= 4 is 17.5 Å². The number of anilines is 1. The number of nitrogens with one attached hydrogen (secondary N) is 1. The van der Waals surface area contributed by atoms with Crippen molar-refractivity contribution in [2.75, 3.05) is 63.8 Å². The number of piperazine rings is 2. The molecule has 2 aliphatic carbocycles. The zero-order chi connectivity index (χ0) is 21.2. The van der Waals surface area contributed by atoms with E-state index in [1.165, 1.54) is 19.3 Å². The number of amides is 2. The summed E-state index contributed by atoms with van der Waals surface area (Å²) in [7, 11) is 0. The Morgan fingerprint density at radius 3 is 2.29 bits per heavy atom. The van der Waals surface area contributed by atoms with Gasteiger partial charge in [0.2, 0.25) is 5.91 Å². The van der Waals surface area contributed by atoms with E-state index in [-0.39, 0.29) is 11.8 Å². The van der Waals surface area contributed by atoms with Gasteiger partial charge in [0.1, 0.15) is 0 Å². The average Bonchev–Trinajstić information content (AvgIpc) is 3.58. The summed E-state index contributed by atoms with van der Waals surface area (Å²) >= 11 is 0. The maximum absolute atomic E-state index is 12.8. The van der Waals surface area contributed by atoms with Gasteiger partial charge in [-0.25, -0.2) is 0 Å². The minimum atomic E-state index is 0.0333. The van der Waals surface area contributed by atoms with Gasteiger partial charge in [0.15, 0.2) is 0 Å². The van der Waals surface area contributed by atoms with E-state index in [1.54, 1.807) is 0 Å². The highest BCUT2D eigenvalue weighted by Gasteiger charge is 2.30. The van der Waals surface area contributed by atoms with Crippen molar-refractivity contribution in [2.45, 2.75) is 44.2 Å². The highest BCUT2D eigenvalue weighted by Crippen LogP contribution is 2.25. The van der Waals surface area contributed by atoms with Crippen LogP contribution >= 0.6 is 0 Å². The van der Waals surface area contributed by atoms with E-state index in [0.717, 1.165) is 82.5 Å². The number of nitrogens with zero attached hydrogens (tertiary/aromatic N) is 4. The van der Waals surface area contributed by atoms with E-state index in [4.69, 9.17) is 0 Å². The van der Waals surface area contributed by atoms with Crippen molar-refractivity contribution in [2.24, 2.45) is 0 Å². The summed E-state index contributed by atoms with van der Waals surface area (Å²) in [5.74, 6) is 0.312. The van der Waals surface area contributed by atoms with Crippen LogP contribution in [0.3, 0.4) is 0 Å². The molecule has 1 aromatic carbocycles. The van der Waals surface area contributed by atoms with Crippen molar-refractivity contribution in [1.29, 1.82) is 0 Å². The van der Waals surface area contributed by atoms with Gasteiger partial charge >= 0.3 is 0 Å². The molecule has 0 radical (unpaired) electrons. The highest BCUT2D eigenvalue weighted by molar-refractivity contribution is 5.95. The molecule has 4 aliphatic rings. The Morgan fingerprint density at radius 2 is 1.65 bits per heavy atom. The largest absolute Gasteiger partial charge is 0.369 e. The van der Waals surface area contributed by atoms with E-state index < -0.39 is 0 Å². The quantitative estimate of drug-likeness (QED) is 0.747. The van der Waals surface area contributed by atoms with E-state index >= 15 is 0 Å². The van der Waals surface area contributed by atoms with Crippen LogP contribution in [0.15, 0.2) is 24.3 Å². The van der Waals surface area contributed by atoms with Crippen LogP contribution in [-0.2, 0) is 4.79 Å². The Kier molecular flexibility index (Phi) is 6.14. The second kappa shape index (κ2) is 9.17. The zero-order valence-electron chi connectivity index (χ0n) is 18.5. The van der Waals surface area contributed by atoms with Crippen molar-refractivity contribution in [3.05, 3.63) is 29.8 Å². The molecular formula is C24H35N5O2. The van der Waals surface area contributed by atoms with Gasteiger partial charge in [-0.05, 0) is 43.9 Å². The molecule has 168 valence electrons. The molecule has 7 heteroatoms. The van der Waals surface area contributed by atoms with Crippen LogP contribution in [0.4, 0.5) is 5.69 Å². The fraction of sp³-hybridized carbons (Fsp3) is 0.667. The lowest BCUT2D eigenvalue weighted by atomic mass is 9.91. The van der Waals surface area contributed by atoms with Gasteiger partial charge in [-0.3, -0.25) is 19.4 Å². The first kappa shape index (κ1) is 20.8. The maximum Gasteiger partial charge on any atom is 0.251 e. The summed E-state index contributed by atoms with van der Waals surface area (Å²) in [6.45, 7) is 7.90. The summed E-state index contributed by atoms with van der Waals surface area (Å²) in [5, 5.41) is 3.06. The first-order valence-corrected chi connectivity index (χ1v) is 12.1. The molecule has 0 unspecified atom stereocenters. The Labute approximate surface area is 185 Å². The second-order valence-corrected chi connectivity index (χ2v) is 9.56. The molecule has 0 bridgehead atoms. The second-order valence-electron chi connectivity index (χ2n) is 9.56. The van der Waals surface area contributed by atoms with Crippen molar-refractivity contribution in [3.63, 3.8) is 0 Å². The lowest BCUT2D eigenvalue weighted by molar-refractivity contribution is -0.134. The Morgan fingerprint density at radius 1 is 0.903 bits per heavy atom. The fourth-order valence-electron chi connectivity index (χ4n) is 4.88. The Bertz CT molecular complexity index is 791. The van der Waals surface area contributed by atoms with Crippen LogP contribution in [0.25, 0.3) is 0 Å².